The Kier molecular flexibility index (Phi) is 6.62. The number of aryl methyl sites for hydroxylation is 4. The third-order valence-corrected chi connectivity index (χ3v) is 7.93. The van der Waals surface area contributed by atoms with Crippen LogP contribution < -0.4 is 0 Å². The summed E-state index contributed by atoms with van der Waals surface area (Å²) in [4.78, 5) is 19.0. The summed E-state index contributed by atoms with van der Waals surface area (Å²) in [5, 5.41) is 4.00. The van der Waals surface area contributed by atoms with Gasteiger partial charge in [-0.3, -0.25) is 4.79 Å². The maximum Gasteiger partial charge on any atom is 0.243 e. The van der Waals surface area contributed by atoms with Gasteiger partial charge in [-0.2, -0.15) is 9.29 Å². The van der Waals surface area contributed by atoms with Gasteiger partial charge in [-0.15, -0.1) is 0 Å². The molecule has 0 spiro atoms. The molecule has 3 aromatic rings. The molecule has 174 valence electrons. The average molecular weight is 469 g/mol. The van der Waals surface area contributed by atoms with Crippen LogP contribution in [0, 0.1) is 20.8 Å². The summed E-state index contributed by atoms with van der Waals surface area (Å²) in [6.45, 7) is 7.14. The molecule has 1 aromatic heterocycles. The van der Waals surface area contributed by atoms with Crippen molar-refractivity contribution in [3.05, 3.63) is 65.0 Å². The van der Waals surface area contributed by atoms with Crippen LogP contribution in [-0.4, -0.2) is 59.8 Å². The minimum absolute atomic E-state index is 0.0479. The van der Waals surface area contributed by atoms with Gasteiger partial charge >= 0.3 is 0 Å². The summed E-state index contributed by atoms with van der Waals surface area (Å²) in [6, 6.07) is 13.0. The Labute approximate surface area is 194 Å². The Bertz CT molecular complexity index is 1240. The van der Waals surface area contributed by atoms with Crippen LogP contribution in [0.25, 0.3) is 11.4 Å². The van der Waals surface area contributed by atoms with E-state index in [4.69, 9.17) is 4.52 Å². The number of sulfonamides is 1. The van der Waals surface area contributed by atoms with Gasteiger partial charge in [0.25, 0.3) is 0 Å². The normalized spacial score (nSPS) is 15.1. The number of aromatic nitrogens is 2. The lowest BCUT2D eigenvalue weighted by Gasteiger charge is -2.34. The first-order valence-electron chi connectivity index (χ1n) is 11.0. The van der Waals surface area contributed by atoms with Crippen LogP contribution in [0.1, 0.15) is 29.0 Å². The third-order valence-electron chi connectivity index (χ3n) is 6.04. The molecule has 1 aliphatic rings. The molecule has 8 nitrogen and oxygen atoms in total. The second kappa shape index (κ2) is 9.44. The predicted octanol–water partition coefficient (Wildman–Crippen LogP) is 3.13. The fourth-order valence-corrected chi connectivity index (χ4v) is 5.26. The molecule has 0 N–H and O–H groups in total. The fraction of sp³-hybridized carbons (Fsp3) is 0.375. The average Bonchev–Trinajstić information content (AvgIpc) is 3.29. The topological polar surface area (TPSA) is 96.6 Å². The van der Waals surface area contributed by atoms with Crippen molar-refractivity contribution in [2.75, 3.05) is 26.2 Å². The van der Waals surface area contributed by atoms with Crippen LogP contribution in [0.2, 0.25) is 0 Å². The SMILES string of the molecule is Cc1ccc(-c2noc(CCC(=O)N3CCN(S(=O)(=O)c4ccc(C)c(C)c4)CC3)n2)cc1. The smallest absolute Gasteiger partial charge is 0.243 e. The van der Waals surface area contributed by atoms with E-state index in [2.05, 4.69) is 10.1 Å². The van der Waals surface area contributed by atoms with Gasteiger partial charge in [0, 0.05) is 44.6 Å². The fourth-order valence-electron chi connectivity index (χ4n) is 3.75. The lowest BCUT2D eigenvalue weighted by Crippen LogP contribution is -2.50. The molecule has 4 rings (SSSR count). The molecule has 2 heterocycles. The van der Waals surface area contributed by atoms with E-state index in [1.54, 1.807) is 17.0 Å². The molecule has 1 amide bonds. The number of piperazine rings is 1. The molecule has 0 atom stereocenters. The van der Waals surface area contributed by atoms with Crippen molar-refractivity contribution in [2.24, 2.45) is 0 Å². The molecule has 1 saturated heterocycles. The lowest BCUT2D eigenvalue weighted by atomic mass is 10.1. The van der Waals surface area contributed by atoms with Crippen molar-refractivity contribution in [3.63, 3.8) is 0 Å². The van der Waals surface area contributed by atoms with Crippen LogP contribution in [0.5, 0.6) is 0 Å². The molecule has 0 aliphatic carbocycles. The Balaban J connectivity index is 1.31. The Morgan fingerprint density at radius 3 is 2.33 bits per heavy atom. The first-order valence-corrected chi connectivity index (χ1v) is 12.4. The zero-order valence-corrected chi connectivity index (χ0v) is 19.9. The molecule has 1 aliphatic heterocycles. The van der Waals surface area contributed by atoms with E-state index in [1.807, 2.05) is 51.1 Å². The Morgan fingerprint density at radius 1 is 0.970 bits per heavy atom. The molecule has 1 fully saturated rings. The summed E-state index contributed by atoms with van der Waals surface area (Å²) >= 11 is 0. The maximum atomic E-state index is 13.0. The number of hydrogen-bond donors (Lipinski definition) is 0. The van der Waals surface area contributed by atoms with Gasteiger partial charge in [0.05, 0.1) is 4.90 Å². The molecule has 2 aromatic carbocycles. The second-order valence-electron chi connectivity index (χ2n) is 8.41. The number of nitrogens with zero attached hydrogens (tertiary/aromatic N) is 4. The van der Waals surface area contributed by atoms with Gasteiger partial charge < -0.3 is 9.42 Å². The lowest BCUT2D eigenvalue weighted by molar-refractivity contribution is -0.132. The van der Waals surface area contributed by atoms with Gasteiger partial charge in [0.1, 0.15) is 0 Å². The summed E-state index contributed by atoms with van der Waals surface area (Å²) in [5.41, 5.74) is 4.01. The highest BCUT2D eigenvalue weighted by molar-refractivity contribution is 7.89. The van der Waals surface area contributed by atoms with Crippen molar-refractivity contribution in [2.45, 2.75) is 38.5 Å². The number of benzene rings is 2. The van der Waals surface area contributed by atoms with E-state index in [-0.39, 0.29) is 25.4 Å². The number of amides is 1. The number of rotatable bonds is 6. The van der Waals surface area contributed by atoms with E-state index < -0.39 is 10.0 Å². The van der Waals surface area contributed by atoms with Gasteiger partial charge in [0.15, 0.2) is 0 Å². The minimum Gasteiger partial charge on any atom is -0.340 e. The zero-order chi connectivity index (χ0) is 23.6. The molecule has 0 bridgehead atoms. The monoisotopic (exact) mass is 468 g/mol. The predicted molar refractivity (Wildman–Crippen MR) is 124 cm³/mol. The van der Waals surface area contributed by atoms with Gasteiger partial charge in [-0.05, 0) is 44.0 Å². The highest BCUT2D eigenvalue weighted by atomic mass is 32.2. The molecule has 0 unspecified atom stereocenters. The summed E-state index contributed by atoms with van der Waals surface area (Å²) in [5.74, 6) is 0.866. The minimum atomic E-state index is -3.57. The molecular formula is C24H28N4O4S. The Morgan fingerprint density at radius 2 is 1.67 bits per heavy atom. The second-order valence-corrected chi connectivity index (χ2v) is 10.3. The largest absolute Gasteiger partial charge is 0.340 e. The van der Waals surface area contributed by atoms with Crippen LogP contribution in [0.15, 0.2) is 51.9 Å². The summed E-state index contributed by atoms with van der Waals surface area (Å²) in [6.07, 6.45) is 0.582. The Hall–Kier alpha value is -3.04. The summed E-state index contributed by atoms with van der Waals surface area (Å²) in [7, 11) is -3.57. The number of carbonyl (C=O) groups is 1. The van der Waals surface area contributed by atoms with Gasteiger partial charge in [-0.25, -0.2) is 8.42 Å². The molecular weight excluding hydrogens is 440 g/mol. The van der Waals surface area contributed by atoms with Crippen molar-refractivity contribution in [1.29, 1.82) is 0 Å². The first kappa shape index (κ1) is 23.1. The quantitative estimate of drug-likeness (QED) is 0.551. The molecule has 33 heavy (non-hydrogen) atoms. The van der Waals surface area contributed by atoms with Crippen molar-refractivity contribution in [3.8, 4) is 11.4 Å². The zero-order valence-electron chi connectivity index (χ0n) is 19.1. The van der Waals surface area contributed by atoms with Gasteiger partial charge in [-0.1, -0.05) is 41.1 Å². The van der Waals surface area contributed by atoms with E-state index in [0.29, 0.717) is 36.1 Å². The standard InChI is InChI=1S/C24H28N4O4S/c1-17-4-7-20(8-5-17)24-25-22(32-26-24)10-11-23(29)27-12-14-28(15-13-27)33(30,31)21-9-6-18(2)19(3)16-21/h4-9,16H,10-15H2,1-3H3. The van der Waals surface area contributed by atoms with E-state index in [0.717, 1.165) is 22.3 Å². The van der Waals surface area contributed by atoms with Crippen molar-refractivity contribution < 1.29 is 17.7 Å². The van der Waals surface area contributed by atoms with Crippen LogP contribution in [0.3, 0.4) is 0 Å². The first-order chi connectivity index (χ1) is 15.7. The number of hydrogen-bond acceptors (Lipinski definition) is 6. The number of carbonyl (C=O) groups excluding carboxylic acids is 1. The molecule has 9 heteroatoms. The van der Waals surface area contributed by atoms with Crippen LogP contribution >= 0.6 is 0 Å². The van der Waals surface area contributed by atoms with E-state index >= 15 is 0 Å². The maximum absolute atomic E-state index is 13.0. The third kappa shape index (κ3) is 5.15. The summed E-state index contributed by atoms with van der Waals surface area (Å²) < 4.78 is 32.7. The van der Waals surface area contributed by atoms with Crippen molar-refractivity contribution in [1.82, 2.24) is 19.3 Å². The van der Waals surface area contributed by atoms with Gasteiger partial charge in [0.2, 0.25) is 27.6 Å². The van der Waals surface area contributed by atoms with Crippen LogP contribution in [-0.2, 0) is 21.2 Å². The van der Waals surface area contributed by atoms with E-state index in [1.165, 1.54) is 4.31 Å². The highest BCUT2D eigenvalue weighted by Crippen LogP contribution is 2.21. The van der Waals surface area contributed by atoms with Crippen molar-refractivity contribution >= 4 is 15.9 Å². The van der Waals surface area contributed by atoms with Crippen LogP contribution in [0.4, 0.5) is 0 Å². The molecule has 0 saturated carbocycles. The van der Waals surface area contributed by atoms with E-state index in [9.17, 15) is 13.2 Å². The highest BCUT2D eigenvalue weighted by Gasteiger charge is 2.30. The molecule has 0 radical (unpaired) electrons.